The minimum Gasteiger partial charge on any atom is -0.480 e. The highest BCUT2D eigenvalue weighted by Gasteiger charge is 2.33. The average molecular weight is 475 g/mol. The van der Waals surface area contributed by atoms with Gasteiger partial charge in [0.25, 0.3) is 0 Å². The number of benzene rings is 2. The van der Waals surface area contributed by atoms with Crippen molar-refractivity contribution in [3.8, 4) is 11.1 Å². The standard InChI is InChI=1S/C28H30N2O5/c31-26(30-25(27(32)33)14-17-12-13-17)18-6-5-7-19(15-18)29-28(34)35-16-24-22-10-3-1-8-20(22)21-9-2-4-11-23(21)24/h1-5,7-11,17-19,24-25H,6,12-16H2,(H,29,34)(H,30,31)(H,32,33). The Morgan fingerprint density at radius 3 is 2.29 bits per heavy atom. The molecule has 3 unspecified atom stereocenters. The van der Waals surface area contributed by atoms with Gasteiger partial charge in [0.05, 0.1) is 6.04 Å². The largest absolute Gasteiger partial charge is 0.480 e. The molecule has 3 atom stereocenters. The molecule has 0 saturated heterocycles. The van der Waals surface area contributed by atoms with Crippen LogP contribution in [-0.4, -0.2) is 41.8 Å². The van der Waals surface area contributed by atoms with Gasteiger partial charge in [-0.3, -0.25) is 4.79 Å². The van der Waals surface area contributed by atoms with Crippen LogP contribution in [0.2, 0.25) is 0 Å². The Bertz CT molecular complexity index is 1110. The Labute approximate surface area is 204 Å². The van der Waals surface area contributed by atoms with Crippen LogP contribution >= 0.6 is 0 Å². The van der Waals surface area contributed by atoms with Crippen LogP contribution in [0.5, 0.6) is 0 Å². The molecule has 5 rings (SSSR count). The summed E-state index contributed by atoms with van der Waals surface area (Å²) in [5.41, 5.74) is 4.63. The molecular formula is C28H30N2O5. The second kappa shape index (κ2) is 9.94. The molecular weight excluding hydrogens is 444 g/mol. The second-order valence-electron chi connectivity index (χ2n) is 9.75. The maximum atomic E-state index is 12.7. The molecule has 3 aliphatic rings. The van der Waals surface area contributed by atoms with Gasteiger partial charge in [-0.2, -0.15) is 0 Å². The van der Waals surface area contributed by atoms with Crippen molar-refractivity contribution in [1.29, 1.82) is 0 Å². The lowest BCUT2D eigenvalue weighted by molar-refractivity contribution is -0.142. The molecule has 3 aliphatic carbocycles. The van der Waals surface area contributed by atoms with Crippen molar-refractivity contribution in [2.75, 3.05) is 6.61 Å². The number of ether oxygens (including phenoxy) is 1. The molecule has 0 aromatic heterocycles. The monoisotopic (exact) mass is 474 g/mol. The van der Waals surface area contributed by atoms with E-state index in [-0.39, 0.29) is 30.4 Å². The minimum atomic E-state index is -0.995. The second-order valence-corrected chi connectivity index (χ2v) is 9.75. The Morgan fingerprint density at radius 1 is 1.00 bits per heavy atom. The van der Waals surface area contributed by atoms with Crippen LogP contribution in [0.3, 0.4) is 0 Å². The summed E-state index contributed by atoms with van der Waals surface area (Å²) in [5.74, 6) is -1.29. The first-order valence-electron chi connectivity index (χ1n) is 12.3. The zero-order valence-corrected chi connectivity index (χ0v) is 19.5. The van der Waals surface area contributed by atoms with E-state index in [1.165, 1.54) is 11.1 Å². The molecule has 7 heteroatoms. The first-order chi connectivity index (χ1) is 17.0. The molecule has 0 aliphatic heterocycles. The lowest BCUT2D eigenvalue weighted by Crippen LogP contribution is -2.46. The zero-order valence-electron chi connectivity index (χ0n) is 19.5. The number of rotatable bonds is 8. The average Bonchev–Trinajstić information content (AvgIpc) is 3.63. The molecule has 2 aromatic rings. The Morgan fingerprint density at radius 2 is 1.66 bits per heavy atom. The van der Waals surface area contributed by atoms with E-state index in [1.807, 2.05) is 36.4 Å². The van der Waals surface area contributed by atoms with Crippen LogP contribution in [0, 0.1) is 11.8 Å². The van der Waals surface area contributed by atoms with E-state index in [9.17, 15) is 19.5 Å². The van der Waals surface area contributed by atoms with Gasteiger partial charge in [0, 0.05) is 11.8 Å². The number of allylic oxidation sites excluding steroid dienone is 1. The SMILES string of the molecule is O=C(NC1C=CCC(C(=O)NC(CC2CC2)C(=O)O)C1)OCC1c2ccccc2-c2ccccc21. The number of aliphatic carboxylic acids is 1. The summed E-state index contributed by atoms with van der Waals surface area (Å²) in [7, 11) is 0. The number of amides is 2. The molecule has 2 amide bonds. The Kier molecular flexibility index (Phi) is 6.57. The first kappa shape index (κ1) is 23.1. The maximum absolute atomic E-state index is 12.7. The van der Waals surface area contributed by atoms with Gasteiger partial charge in [0.1, 0.15) is 12.6 Å². The van der Waals surface area contributed by atoms with Crippen LogP contribution in [0.15, 0.2) is 60.7 Å². The van der Waals surface area contributed by atoms with Crippen LogP contribution in [0.4, 0.5) is 4.79 Å². The first-order valence-corrected chi connectivity index (χ1v) is 12.3. The number of nitrogens with one attached hydrogen (secondary N) is 2. The van der Waals surface area contributed by atoms with Gasteiger partial charge in [-0.05, 0) is 47.4 Å². The van der Waals surface area contributed by atoms with Crippen molar-refractivity contribution in [3.63, 3.8) is 0 Å². The molecule has 2 aromatic carbocycles. The Balaban J connectivity index is 1.15. The highest BCUT2D eigenvalue weighted by Crippen LogP contribution is 2.44. The Hall–Kier alpha value is -3.61. The molecule has 1 saturated carbocycles. The van der Waals surface area contributed by atoms with E-state index in [1.54, 1.807) is 0 Å². The van der Waals surface area contributed by atoms with Crippen molar-refractivity contribution in [2.45, 2.75) is 50.1 Å². The predicted octanol–water partition coefficient (Wildman–Crippen LogP) is 4.23. The van der Waals surface area contributed by atoms with E-state index in [2.05, 4.69) is 34.9 Å². The van der Waals surface area contributed by atoms with E-state index in [0.29, 0.717) is 25.2 Å². The van der Waals surface area contributed by atoms with Gasteiger partial charge in [0.15, 0.2) is 0 Å². The highest BCUT2D eigenvalue weighted by molar-refractivity contribution is 5.85. The third kappa shape index (κ3) is 5.24. The fraction of sp³-hybridized carbons (Fsp3) is 0.393. The number of carboxylic acids is 1. The van der Waals surface area contributed by atoms with Crippen LogP contribution in [-0.2, 0) is 14.3 Å². The molecule has 1 fully saturated rings. The summed E-state index contributed by atoms with van der Waals surface area (Å²) in [5, 5.41) is 15.0. The van der Waals surface area contributed by atoms with E-state index < -0.39 is 18.1 Å². The van der Waals surface area contributed by atoms with Crippen molar-refractivity contribution in [2.24, 2.45) is 11.8 Å². The lowest BCUT2D eigenvalue weighted by atomic mass is 9.90. The van der Waals surface area contributed by atoms with Crippen molar-refractivity contribution in [3.05, 3.63) is 71.8 Å². The van der Waals surface area contributed by atoms with Gasteiger partial charge in [-0.15, -0.1) is 0 Å². The number of fused-ring (bicyclic) bond motifs is 3. The lowest BCUT2D eigenvalue weighted by Gasteiger charge is -2.26. The smallest absolute Gasteiger partial charge is 0.407 e. The summed E-state index contributed by atoms with van der Waals surface area (Å²) >= 11 is 0. The summed E-state index contributed by atoms with van der Waals surface area (Å²) in [6.07, 6.45) is 6.65. The van der Waals surface area contributed by atoms with Crippen molar-refractivity contribution < 1.29 is 24.2 Å². The molecule has 0 bridgehead atoms. The van der Waals surface area contributed by atoms with E-state index in [0.717, 1.165) is 24.0 Å². The van der Waals surface area contributed by atoms with Crippen LogP contribution in [0.1, 0.15) is 49.1 Å². The number of carbonyl (C=O) groups excluding carboxylic acids is 2. The highest BCUT2D eigenvalue weighted by atomic mass is 16.5. The third-order valence-corrected chi connectivity index (χ3v) is 7.23. The molecule has 0 spiro atoms. The summed E-state index contributed by atoms with van der Waals surface area (Å²) < 4.78 is 5.62. The molecule has 0 radical (unpaired) electrons. The predicted molar refractivity (Wildman–Crippen MR) is 131 cm³/mol. The molecule has 7 nitrogen and oxygen atoms in total. The van der Waals surface area contributed by atoms with Gasteiger partial charge in [-0.1, -0.05) is 73.5 Å². The summed E-state index contributed by atoms with van der Waals surface area (Å²) in [6, 6.07) is 15.1. The normalized spacial score (nSPS) is 21.5. The van der Waals surface area contributed by atoms with Crippen molar-refractivity contribution in [1.82, 2.24) is 10.6 Å². The maximum Gasteiger partial charge on any atom is 0.407 e. The number of carboxylic acid groups (broad SMARTS) is 1. The fourth-order valence-corrected chi connectivity index (χ4v) is 5.20. The zero-order chi connectivity index (χ0) is 24.4. The molecule has 3 N–H and O–H groups in total. The van der Waals surface area contributed by atoms with Gasteiger partial charge >= 0.3 is 12.1 Å². The summed E-state index contributed by atoms with van der Waals surface area (Å²) in [4.78, 5) is 36.9. The van der Waals surface area contributed by atoms with Gasteiger partial charge in [0.2, 0.25) is 5.91 Å². The molecule has 182 valence electrons. The van der Waals surface area contributed by atoms with E-state index in [4.69, 9.17) is 4.74 Å². The van der Waals surface area contributed by atoms with Crippen LogP contribution in [0.25, 0.3) is 11.1 Å². The number of alkyl carbamates (subject to hydrolysis) is 1. The third-order valence-electron chi connectivity index (χ3n) is 7.23. The van der Waals surface area contributed by atoms with Crippen molar-refractivity contribution >= 4 is 18.0 Å². The molecule has 0 heterocycles. The fourth-order valence-electron chi connectivity index (χ4n) is 5.20. The number of hydrogen-bond acceptors (Lipinski definition) is 4. The quantitative estimate of drug-likeness (QED) is 0.497. The number of carbonyl (C=O) groups is 3. The van der Waals surface area contributed by atoms with E-state index >= 15 is 0 Å². The topological polar surface area (TPSA) is 105 Å². The minimum absolute atomic E-state index is 0.0204. The van der Waals surface area contributed by atoms with Gasteiger partial charge < -0.3 is 20.5 Å². The number of hydrogen-bond donors (Lipinski definition) is 3. The summed E-state index contributed by atoms with van der Waals surface area (Å²) in [6.45, 7) is 0.224. The molecule has 35 heavy (non-hydrogen) atoms. The van der Waals surface area contributed by atoms with Gasteiger partial charge in [-0.25, -0.2) is 9.59 Å². The van der Waals surface area contributed by atoms with Crippen LogP contribution < -0.4 is 10.6 Å².